The highest BCUT2D eigenvalue weighted by molar-refractivity contribution is 6.83. The predicted octanol–water partition coefficient (Wildman–Crippen LogP) is 2.36. The van der Waals surface area contributed by atoms with Crippen molar-refractivity contribution in [3.63, 3.8) is 0 Å². The van der Waals surface area contributed by atoms with Gasteiger partial charge in [-0.3, -0.25) is 4.79 Å². The van der Waals surface area contributed by atoms with Crippen LogP contribution in [0.3, 0.4) is 0 Å². The van der Waals surface area contributed by atoms with Gasteiger partial charge in [0.1, 0.15) is 8.07 Å². The summed E-state index contributed by atoms with van der Waals surface area (Å²) in [5, 5.41) is 14.5. The van der Waals surface area contributed by atoms with Crippen LogP contribution in [0.4, 0.5) is 5.69 Å². The van der Waals surface area contributed by atoms with Gasteiger partial charge in [-0.05, 0) is 24.3 Å². The fourth-order valence-corrected chi connectivity index (χ4v) is 2.15. The number of benzene rings is 1. The van der Waals surface area contributed by atoms with E-state index in [9.17, 15) is 4.79 Å². The lowest BCUT2D eigenvalue weighted by Gasteiger charge is -2.07. The van der Waals surface area contributed by atoms with E-state index in [0.29, 0.717) is 18.5 Å². The van der Waals surface area contributed by atoms with Crippen LogP contribution in [-0.2, 0) is 4.79 Å². The molecular weight excluding hydrogens is 278 g/mol. The molecule has 0 radical (unpaired) electrons. The summed E-state index contributed by atoms with van der Waals surface area (Å²) in [5.74, 6) is 3.05. The zero-order chi connectivity index (χ0) is 15.7. The SMILES string of the molecule is C[Si](C)(C)C#CCCNC(=O)CNc1ccc(C#N)cc1. The largest absolute Gasteiger partial charge is 0.376 e. The van der Waals surface area contributed by atoms with E-state index in [-0.39, 0.29) is 12.5 Å². The zero-order valence-corrected chi connectivity index (χ0v) is 13.8. The number of anilines is 1. The van der Waals surface area contributed by atoms with Crippen molar-refractivity contribution in [2.24, 2.45) is 0 Å². The van der Waals surface area contributed by atoms with Gasteiger partial charge in [0, 0.05) is 18.7 Å². The Morgan fingerprint density at radius 3 is 2.48 bits per heavy atom. The monoisotopic (exact) mass is 299 g/mol. The molecule has 1 rings (SSSR count). The minimum Gasteiger partial charge on any atom is -0.376 e. The molecular formula is C16H21N3OSi. The highest BCUT2D eigenvalue weighted by Crippen LogP contribution is 2.07. The van der Waals surface area contributed by atoms with E-state index in [1.165, 1.54) is 0 Å². The maximum Gasteiger partial charge on any atom is 0.239 e. The zero-order valence-electron chi connectivity index (χ0n) is 12.8. The lowest BCUT2D eigenvalue weighted by Crippen LogP contribution is -2.30. The third-order valence-corrected chi connectivity index (χ3v) is 3.43. The molecule has 0 aromatic heterocycles. The number of rotatable bonds is 5. The molecule has 0 saturated carbocycles. The Bertz CT molecular complexity index is 571. The molecule has 0 aliphatic heterocycles. The van der Waals surface area contributed by atoms with Gasteiger partial charge in [-0.1, -0.05) is 19.6 Å². The van der Waals surface area contributed by atoms with E-state index in [1.54, 1.807) is 24.3 Å². The molecule has 110 valence electrons. The Labute approximate surface area is 127 Å². The van der Waals surface area contributed by atoms with E-state index in [0.717, 1.165) is 5.69 Å². The molecule has 0 fully saturated rings. The molecule has 0 unspecified atom stereocenters. The minimum absolute atomic E-state index is 0.0610. The topological polar surface area (TPSA) is 64.9 Å². The first-order valence-corrected chi connectivity index (χ1v) is 10.4. The molecule has 2 N–H and O–H groups in total. The number of nitrogens with one attached hydrogen (secondary N) is 2. The van der Waals surface area contributed by atoms with Crippen LogP contribution < -0.4 is 10.6 Å². The van der Waals surface area contributed by atoms with Crippen molar-refractivity contribution in [2.45, 2.75) is 26.1 Å². The molecule has 0 spiro atoms. The lowest BCUT2D eigenvalue weighted by molar-refractivity contribution is -0.119. The van der Waals surface area contributed by atoms with Crippen molar-refractivity contribution in [1.29, 1.82) is 5.26 Å². The van der Waals surface area contributed by atoms with Gasteiger partial charge in [-0.25, -0.2) is 0 Å². The average Bonchev–Trinajstić information content (AvgIpc) is 2.44. The molecule has 1 amide bonds. The van der Waals surface area contributed by atoms with Crippen LogP contribution in [0.15, 0.2) is 24.3 Å². The van der Waals surface area contributed by atoms with Gasteiger partial charge in [0.15, 0.2) is 0 Å². The third kappa shape index (κ3) is 7.81. The summed E-state index contributed by atoms with van der Waals surface area (Å²) in [4.78, 5) is 11.6. The number of nitriles is 1. The Morgan fingerprint density at radius 2 is 1.90 bits per heavy atom. The number of nitrogens with zero attached hydrogens (tertiary/aromatic N) is 1. The van der Waals surface area contributed by atoms with E-state index in [2.05, 4.69) is 47.8 Å². The fraction of sp³-hybridized carbons (Fsp3) is 0.375. The highest BCUT2D eigenvalue weighted by Gasteiger charge is 2.07. The minimum atomic E-state index is -1.31. The normalized spacial score (nSPS) is 10.0. The van der Waals surface area contributed by atoms with E-state index < -0.39 is 8.07 Å². The summed E-state index contributed by atoms with van der Waals surface area (Å²) >= 11 is 0. The molecule has 0 aliphatic carbocycles. The molecule has 4 nitrogen and oxygen atoms in total. The first-order valence-electron chi connectivity index (χ1n) is 6.91. The Hall–Kier alpha value is -2.24. The van der Waals surface area contributed by atoms with Gasteiger partial charge in [0.2, 0.25) is 5.91 Å². The molecule has 1 aromatic rings. The summed E-state index contributed by atoms with van der Waals surface area (Å²) in [6.07, 6.45) is 0.687. The maximum absolute atomic E-state index is 11.6. The number of hydrogen-bond donors (Lipinski definition) is 2. The molecule has 21 heavy (non-hydrogen) atoms. The van der Waals surface area contributed by atoms with Crippen LogP contribution in [0.5, 0.6) is 0 Å². The van der Waals surface area contributed by atoms with Crippen molar-refractivity contribution >= 4 is 19.7 Å². The smallest absolute Gasteiger partial charge is 0.239 e. The van der Waals surface area contributed by atoms with Crippen LogP contribution >= 0.6 is 0 Å². The number of amides is 1. The summed E-state index contributed by atoms with van der Waals surface area (Å²) in [6, 6.07) is 9.05. The van der Waals surface area contributed by atoms with Gasteiger partial charge in [0.05, 0.1) is 18.2 Å². The van der Waals surface area contributed by atoms with Gasteiger partial charge < -0.3 is 10.6 Å². The van der Waals surface area contributed by atoms with E-state index in [1.807, 2.05) is 0 Å². The van der Waals surface area contributed by atoms with Crippen LogP contribution in [0.25, 0.3) is 0 Å². The first-order chi connectivity index (χ1) is 9.90. The molecule has 0 saturated heterocycles. The first kappa shape index (κ1) is 16.8. The van der Waals surface area contributed by atoms with Gasteiger partial charge in [-0.15, -0.1) is 11.5 Å². The quantitative estimate of drug-likeness (QED) is 0.498. The molecule has 5 heteroatoms. The predicted molar refractivity (Wildman–Crippen MR) is 88.4 cm³/mol. The maximum atomic E-state index is 11.6. The van der Waals surface area contributed by atoms with E-state index in [4.69, 9.17) is 5.26 Å². The average molecular weight is 299 g/mol. The van der Waals surface area contributed by atoms with E-state index >= 15 is 0 Å². The van der Waals surface area contributed by atoms with Gasteiger partial charge >= 0.3 is 0 Å². The Balaban J connectivity index is 2.24. The van der Waals surface area contributed by atoms with Crippen LogP contribution in [0.1, 0.15) is 12.0 Å². The second-order valence-corrected chi connectivity index (χ2v) is 10.4. The summed E-state index contributed by atoms with van der Waals surface area (Å²) in [7, 11) is -1.31. The number of carbonyl (C=O) groups excluding carboxylic acids is 1. The summed E-state index contributed by atoms with van der Waals surface area (Å²) in [6.45, 7) is 7.37. The second kappa shape index (κ2) is 8.14. The van der Waals surface area contributed by atoms with Crippen molar-refractivity contribution < 1.29 is 4.79 Å². The summed E-state index contributed by atoms with van der Waals surface area (Å²) in [5.41, 5.74) is 4.68. The van der Waals surface area contributed by atoms with Crippen molar-refractivity contribution in [1.82, 2.24) is 5.32 Å². The van der Waals surface area contributed by atoms with Crippen molar-refractivity contribution in [2.75, 3.05) is 18.4 Å². The van der Waals surface area contributed by atoms with Crippen LogP contribution in [0.2, 0.25) is 19.6 Å². The van der Waals surface area contributed by atoms with Gasteiger partial charge in [0.25, 0.3) is 0 Å². The van der Waals surface area contributed by atoms with Crippen molar-refractivity contribution in [3.05, 3.63) is 29.8 Å². The Morgan fingerprint density at radius 1 is 1.24 bits per heavy atom. The second-order valence-electron chi connectivity index (χ2n) is 5.69. The number of hydrogen-bond acceptors (Lipinski definition) is 3. The number of carbonyl (C=O) groups is 1. The molecule has 0 atom stereocenters. The van der Waals surface area contributed by atoms with Gasteiger partial charge in [-0.2, -0.15) is 5.26 Å². The summed E-state index contributed by atoms with van der Waals surface area (Å²) < 4.78 is 0. The molecule has 1 aromatic carbocycles. The molecule has 0 bridgehead atoms. The fourth-order valence-electron chi connectivity index (χ4n) is 1.50. The highest BCUT2D eigenvalue weighted by atomic mass is 28.3. The third-order valence-electron chi connectivity index (χ3n) is 2.50. The van der Waals surface area contributed by atoms with Crippen LogP contribution in [-0.4, -0.2) is 27.1 Å². The molecule has 0 heterocycles. The Kier molecular flexibility index (Phi) is 6.51. The molecule has 0 aliphatic rings. The van der Waals surface area contributed by atoms with Crippen molar-refractivity contribution in [3.8, 4) is 17.5 Å². The van der Waals surface area contributed by atoms with Crippen LogP contribution in [0, 0.1) is 22.8 Å². The lowest BCUT2D eigenvalue weighted by atomic mass is 10.2. The standard InChI is InChI=1S/C16H21N3OSi/c1-21(2,3)11-5-4-10-18-16(20)13-19-15-8-6-14(12-17)7-9-15/h6-9,19H,4,10,13H2,1-3H3,(H,18,20).